The van der Waals surface area contributed by atoms with Crippen molar-refractivity contribution < 1.29 is 14.3 Å². The number of hydrogen-bond acceptors (Lipinski definition) is 7. The summed E-state index contributed by atoms with van der Waals surface area (Å²) in [5.74, 6) is 1.62. The van der Waals surface area contributed by atoms with Gasteiger partial charge in [-0.15, -0.1) is 10.2 Å². The highest BCUT2D eigenvalue weighted by atomic mass is 32.2. The van der Waals surface area contributed by atoms with E-state index >= 15 is 0 Å². The van der Waals surface area contributed by atoms with E-state index in [1.807, 2.05) is 78.1 Å². The Bertz CT molecular complexity index is 1660. The average Bonchev–Trinajstić information content (AvgIpc) is 3.55. The first-order valence-corrected chi connectivity index (χ1v) is 12.3. The quantitative estimate of drug-likeness (QED) is 0.357. The highest BCUT2D eigenvalue weighted by Crippen LogP contribution is 2.32. The van der Waals surface area contributed by atoms with Gasteiger partial charge in [-0.1, -0.05) is 48.2 Å². The molecule has 1 amide bonds. The summed E-state index contributed by atoms with van der Waals surface area (Å²) in [6.45, 7) is 2.38. The second-order valence-corrected chi connectivity index (χ2v) is 9.58. The van der Waals surface area contributed by atoms with E-state index in [2.05, 4.69) is 15.5 Å². The van der Waals surface area contributed by atoms with Crippen LogP contribution in [0.3, 0.4) is 0 Å². The van der Waals surface area contributed by atoms with E-state index in [0.29, 0.717) is 45.6 Å². The van der Waals surface area contributed by atoms with Gasteiger partial charge in [-0.3, -0.25) is 14.0 Å². The van der Waals surface area contributed by atoms with Gasteiger partial charge in [-0.25, -0.2) is 4.57 Å². The molecule has 0 saturated heterocycles. The minimum Gasteiger partial charge on any atom is -0.454 e. The van der Waals surface area contributed by atoms with Gasteiger partial charge in [0.25, 0.3) is 5.56 Å². The Kier molecular flexibility index (Phi) is 5.57. The minimum absolute atomic E-state index is 0.143. The predicted octanol–water partition coefficient (Wildman–Crippen LogP) is 3.56. The molecule has 0 aliphatic carbocycles. The lowest BCUT2D eigenvalue weighted by atomic mass is 10.2. The molecule has 3 heterocycles. The van der Waals surface area contributed by atoms with Gasteiger partial charge in [0.1, 0.15) is 0 Å². The number of fused-ring (bicyclic) bond motifs is 4. The van der Waals surface area contributed by atoms with Gasteiger partial charge in [0.2, 0.25) is 18.5 Å². The second kappa shape index (κ2) is 9.04. The summed E-state index contributed by atoms with van der Waals surface area (Å²) in [7, 11) is 0. The Hall–Kier alpha value is -4.31. The van der Waals surface area contributed by atoms with Gasteiger partial charge in [-0.2, -0.15) is 0 Å². The van der Waals surface area contributed by atoms with Crippen LogP contribution in [0.5, 0.6) is 11.5 Å². The van der Waals surface area contributed by atoms with E-state index in [1.54, 1.807) is 10.6 Å². The number of carbonyl (C=O) groups excluding carboxylic acids is 1. The highest BCUT2D eigenvalue weighted by Gasteiger charge is 2.22. The summed E-state index contributed by atoms with van der Waals surface area (Å²) in [5, 5.41) is 12.3. The number of benzene rings is 3. The topological polar surface area (TPSA) is 99.8 Å². The first-order valence-electron chi connectivity index (χ1n) is 11.4. The van der Waals surface area contributed by atoms with Crippen molar-refractivity contribution in [3.05, 3.63) is 88.7 Å². The molecule has 0 unspecified atom stereocenters. The van der Waals surface area contributed by atoms with Crippen LogP contribution in [-0.2, 0) is 11.3 Å². The predicted molar refractivity (Wildman–Crippen MR) is 136 cm³/mol. The molecule has 1 N–H and O–H groups in total. The van der Waals surface area contributed by atoms with Gasteiger partial charge < -0.3 is 14.8 Å². The average molecular weight is 500 g/mol. The van der Waals surface area contributed by atoms with Crippen LogP contribution in [0.4, 0.5) is 0 Å². The molecule has 1 atom stereocenters. The molecular weight excluding hydrogens is 478 g/mol. The maximum absolute atomic E-state index is 13.4. The van der Waals surface area contributed by atoms with Crippen LogP contribution >= 0.6 is 11.8 Å². The van der Waals surface area contributed by atoms with Gasteiger partial charge in [0, 0.05) is 6.54 Å². The molecule has 0 spiro atoms. The number of thioether (sulfide) groups is 1. The number of nitrogens with one attached hydrogen (secondary N) is 1. The molecule has 1 aliphatic rings. The molecule has 1 aliphatic heterocycles. The van der Waals surface area contributed by atoms with Crippen LogP contribution in [-0.4, -0.2) is 37.1 Å². The lowest BCUT2D eigenvalue weighted by molar-refractivity contribution is -0.120. The number of carbonyl (C=O) groups is 1. The molecule has 3 aromatic carbocycles. The largest absolute Gasteiger partial charge is 0.454 e. The summed E-state index contributed by atoms with van der Waals surface area (Å²) in [5.41, 5.74) is 2.11. The van der Waals surface area contributed by atoms with Crippen molar-refractivity contribution in [2.24, 2.45) is 0 Å². The molecule has 0 radical (unpaired) electrons. The number of nitrogens with zero attached hydrogens (tertiary/aromatic N) is 4. The lowest BCUT2D eigenvalue weighted by Gasteiger charge is -2.13. The molecule has 5 aromatic rings. The molecule has 180 valence electrons. The summed E-state index contributed by atoms with van der Waals surface area (Å²) < 4.78 is 14.1. The monoisotopic (exact) mass is 499 g/mol. The Morgan fingerprint density at radius 3 is 2.67 bits per heavy atom. The van der Waals surface area contributed by atoms with Gasteiger partial charge in [0.05, 0.1) is 21.8 Å². The maximum atomic E-state index is 13.4. The first-order chi connectivity index (χ1) is 17.6. The van der Waals surface area contributed by atoms with Crippen LogP contribution in [0, 0.1) is 0 Å². The third-order valence-electron chi connectivity index (χ3n) is 5.96. The van der Waals surface area contributed by atoms with Crippen LogP contribution < -0.4 is 20.3 Å². The standard InChI is InChI=1S/C26H21N5O4S/c1-16(23(32)27-14-17-11-12-21-22(13-17)35-15-34-21)36-26-29-28-25-30(18-7-3-2-4-8-18)24(33)19-9-5-6-10-20(19)31(25)26/h2-13,16H,14-15H2,1H3,(H,27,32)/t16-/m0/s1. The third kappa shape index (κ3) is 3.85. The Morgan fingerprint density at radius 2 is 1.81 bits per heavy atom. The smallest absolute Gasteiger partial charge is 0.267 e. The molecule has 6 rings (SSSR count). The third-order valence-corrected chi connectivity index (χ3v) is 7.01. The fraction of sp³-hybridized carbons (Fsp3) is 0.154. The fourth-order valence-electron chi connectivity index (χ4n) is 4.16. The zero-order chi connectivity index (χ0) is 24.6. The van der Waals surface area contributed by atoms with Crippen molar-refractivity contribution >= 4 is 34.3 Å². The fourth-order valence-corrected chi connectivity index (χ4v) is 5.04. The van der Waals surface area contributed by atoms with E-state index in [1.165, 1.54) is 11.8 Å². The molecule has 2 aromatic heterocycles. The zero-order valence-corrected chi connectivity index (χ0v) is 20.1. The summed E-state index contributed by atoms with van der Waals surface area (Å²) in [6.07, 6.45) is 0. The van der Waals surface area contributed by atoms with Gasteiger partial charge >= 0.3 is 0 Å². The number of aromatic nitrogens is 4. The molecular formula is C26H21N5O4S. The SMILES string of the molecule is C[C@H](Sc1nnc2n(-c3ccccc3)c(=O)c3ccccc3n12)C(=O)NCc1ccc2c(c1)OCO2. The summed E-state index contributed by atoms with van der Waals surface area (Å²) in [4.78, 5) is 26.3. The Labute approximate surface area is 209 Å². The first kappa shape index (κ1) is 22.2. The van der Waals surface area contributed by atoms with Gasteiger partial charge in [-0.05, 0) is 48.9 Å². The normalized spacial score (nSPS) is 13.2. The number of ether oxygens (including phenoxy) is 2. The van der Waals surface area contributed by atoms with E-state index in [-0.39, 0.29) is 18.3 Å². The van der Waals surface area contributed by atoms with Crippen LogP contribution in [0.2, 0.25) is 0 Å². The highest BCUT2D eigenvalue weighted by molar-refractivity contribution is 8.00. The number of hydrogen-bond donors (Lipinski definition) is 1. The van der Waals surface area contributed by atoms with Crippen LogP contribution in [0.25, 0.3) is 22.4 Å². The van der Waals surface area contributed by atoms with Crippen molar-refractivity contribution in [1.82, 2.24) is 24.5 Å². The van der Waals surface area contributed by atoms with Crippen molar-refractivity contribution in [1.29, 1.82) is 0 Å². The van der Waals surface area contributed by atoms with E-state index in [9.17, 15) is 9.59 Å². The van der Waals surface area contributed by atoms with Gasteiger partial charge in [0.15, 0.2) is 16.7 Å². The molecule has 36 heavy (non-hydrogen) atoms. The number of para-hydroxylation sites is 2. The van der Waals surface area contributed by atoms with Crippen LogP contribution in [0.15, 0.2) is 82.7 Å². The molecule has 0 saturated carbocycles. The second-order valence-electron chi connectivity index (χ2n) is 8.28. The molecule has 9 nitrogen and oxygen atoms in total. The number of amides is 1. The maximum Gasteiger partial charge on any atom is 0.267 e. The van der Waals surface area contributed by atoms with Crippen LogP contribution in [0.1, 0.15) is 12.5 Å². The molecule has 10 heteroatoms. The minimum atomic E-state index is -0.456. The van der Waals surface area contributed by atoms with Crippen molar-refractivity contribution in [3.63, 3.8) is 0 Å². The van der Waals surface area contributed by atoms with E-state index in [0.717, 1.165) is 5.56 Å². The Morgan fingerprint density at radius 1 is 1.03 bits per heavy atom. The molecule has 0 fully saturated rings. The number of rotatable bonds is 6. The Balaban J connectivity index is 1.30. The lowest BCUT2D eigenvalue weighted by Crippen LogP contribution is -2.30. The summed E-state index contributed by atoms with van der Waals surface area (Å²) in [6, 6.07) is 22.3. The zero-order valence-electron chi connectivity index (χ0n) is 19.2. The van der Waals surface area contributed by atoms with E-state index in [4.69, 9.17) is 9.47 Å². The molecule has 0 bridgehead atoms. The van der Waals surface area contributed by atoms with E-state index < -0.39 is 5.25 Å². The van der Waals surface area contributed by atoms with Crippen molar-refractivity contribution in [3.8, 4) is 17.2 Å². The summed E-state index contributed by atoms with van der Waals surface area (Å²) >= 11 is 1.28. The van der Waals surface area contributed by atoms with Crippen molar-refractivity contribution in [2.45, 2.75) is 23.9 Å². The van der Waals surface area contributed by atoms with Crippen molar-refractivity contribution in [2.75, 3.05) is 6.79 Å².